The Hall–Kier alpha value is -2.86. The third-order valence-electron chi connectivity index (χ3n) is 3.22. The molecule has 6 nitrogen and oxygen atoms in total. The number of urea groups is 1. The number of rotatable bonds is 4. The Morgan fingerprint density at radius 2 is 1.68 bits per heavy atom. The molecule has 0 fully saturated rings. The molecule has 2 aromatic rings. The van der Waals surface area contributed by atoms with Crippen molar-refractivity contribution in [1.82, 2.24) is 5.32 Å². The highest BCUT2D eigenvalue weighted by Crippen LogP contribution is 2.25. The first-order valence-corrected chi connectivity index (χ1v) is 6.84. The number of hydrogen-bond acceptors (Lipinski definition) is 2. The Labute approximate surface area is 129 Å². The average Bonchev–Trinajstić information content (AvgIpc) is 2.53. The fraction of sp³-hybridized carbons (Fsp3) is 0.125. The van der Waals surface area contributed by atoms with E-state index in [2.05, 4.69) is 10.3 Å². The number of hydrogen-bond donors (Lipinski definition) is 4. The van der Waals surface area contributed by atoms with Crippen molar-refractivity contribution in [2.24, 2.45) is 22.2 Å². The lowest BCUT2D eigenvalue weighted by Crippen LogP contribution is -2.32. The van der Waals surface area contributed by atoms with Gasteiger partial charge in [0.2, 0.25) is 0 Å². The molecule has 2 aromatic carbocycles. The summed E-state index contributed by atoms with van der Waals surface area (Å²) in [7, 11) is 0. The number of carbonyl (C=O) groups is 1. The van der Waals surface area contributed by atoms with Crippen LogP contribution >= 0.6 is 0 Å². The molecule has 6 heteroatoms. The van der Waals surface area contributed by atoms with Gasteiger partial charge in [-0.25, -0.2) is 4.79 Å². The second-order valence-corrected chi connectivity index (χ2v) is 4.73. The first kappa shape index (κ1) is 15.5. The number of nitrogens with one attached hydrogen (secondary N) is 1. The maximum Gasteiger partial charge on any atom is 0.344 e. The van der Waals surface area contributed by atoms with Crippen LogP contribution in [0.1, 0.15) is 22.7 Å². The van der Waals surface area contributed by atoms with Gasteiger partial charge in [-0.2, -0.15) is 4.99 Å². The fourth-order valence-corrected chi connectivity index (χ4v) is 2.26. The minimum absolute atomic E-state index is 0.281. The minimum Gasteiger partial charge on any atom is -0.370 e. The molecule has 0 spiro atoms. The zero-order valence-electron chi connectivity index (χ0n) is 12.1. The number of benzene rings is 2. The van der Waals surface area contributed by atoms with Crippen LogP contribution in [0.4, 0.5) is 4.79 Å². The molecule has 0 aliphatic heterocycles. The monoisotopic (exact) mass is 297 g/mol. The SMILES string of the molecule is NCc1ccccc1C(NC(=O)N=C(N)N)c1ccccc1. The van der Waals surface area contributed by atoms with Gasteiger partial charge in [-0.1, -0.05) is 54.6 Å². The van der Waals surface area contributed by atoms with E-state index in [4.69, 9.17) is 17.2 Å². The summed E-state index contributed by atoms with van der Waals surface area (Å²) in [6, 6.07) is 16.3. The van der Waals surface area contributed by atoms with Crippen LogP contribution in [0.3, 0.4) is 0 Å². The molecule has 2 rings (SSSR count). The van der Waals surface area contributed by atoms with Crippen LogP contribution in [-0.4, -0.2) is 12.0 Å². The Kier molecular flexibility index (Phi) is 5.11. The lowest BCUT2D eigenvalue weighted by atomic mass is 9.94. The third-order valence-corrected chi connectivity index (χ3v) is 3.22. The molecular weight excluding hydrogens is 278 g/mol. The van der Waals surface area contributed by atoms with Gasteiger partial charge in [-0.05, 0) is 16.7 Å². The summed E-state index contributed by atoms with van der Waals surface area (Å²) in [5.41, 5.74) is 19.1. The number of aliphatic imine (C=N–C) groups is 1. The molecule has 0 aliphatic rings. The van der Waals surface area contributed by atoms with E-state index in [1.807, 2.05) is 54.6 Å². The van der Waals surface area contributed by atoms with Gasteiger partial charge in [0, 0.05) is 6.54 Å². The summed E-state index contributed by atoms with van der Waals surface area (Å²) >= 11 is 0. The highest BCUT2D eigenvalue weighted by Gasteiger charge is 2.18. The van der Waals surface area contributed by atoms with E-state index in [9.17, 15) is 4.79 Å². The summed E-state index contributed by atoms with van der Waals surface area (Å²) in [6.07, 6.45) is 0. The Morgan fingerprint density at radius 1 is 1.05 bits per heavy atom. The first-order chi connectivity index (χ1) is 10.6. The standard InChI is InChI=1S/C16H19N5O/c17-10-12-8-4-5-9-13(12)14(11-6-2-1-3-7-11)20-16(22)21-15(18)19/h1-9,14H,10,17H2,(H5,18,19,20,21,22). The average molecular weight is 297 g/mol. The van der Waals surface area contributed by atoms with Gasteiger partial charge >= 0.3 is 6.03 Å². The van der Waals surface area contributed by atoms with Crippen molar-refractivity contribution >= 4 is 12.0 Å². The number of nitrogens with zero attached hydrogens (tertiary/aromatic N) is 1. The molecule has 0 saturated heterocycles. The van der Waals surface area contributed by atoms with Crippen molar-refractivity contribution in [3.63, 3.8) is 0 Å². The summed E-state index contributed by atoms with van der Waals surface area (Å²) in [4.78, 5) is 15.4. The van der Waals surface area contributed by atoms with Gasteiger partial charge < -0.3 is 22.5 Å². The molecule has 1 unspecified atom stereocenters. The van der Waals surface area contributed by atoms with Crippen LogP contribution in [0.15, 0.2) is 59.6 Å². The topological polar surface area (TPSA) is 120 Å². The summed E-state index contributed by atoms with van der Waals surface area (Å²) < 4.78 is 0. The Balaban J connectivity index is 2.42. The van der Waals surface area contributed by atoms with Gasteiger partial charge in [0.1, 0.15) is 0 Å². The summed E-state index contributed by atoms with van der Waals surface area (Å²) in [6.45, 7) is 0.373. The van der Waals surface area contributed by atoms with Crippen LogP contribution in [0.2, 0.25) is 0 Å². The maximum absolute atomic E-state index is 11.9. The largest absolute Gasteiger partial charge is 0.370 e. The van der Waals surface area contributed by atoms with Gasteiger partial charge in [-0.15, -0.1) is 0 Å². The fourth-order valence-electron chi connectivity index (χ4n) is 2.26. The zero-order valence-corrected chi connectivity index (χ0v) is 12.1. The van der Waals surface area contributed by atoms with Crippen LogP contribution in [0.25, 0.3) is 0 Å². The molecule has 22 heavy (non-hydrogen) atoms. The van der Waals surface area contributed by atoms with Gasteiger partial charge in [0.15, 0.2) is 5.96 Å². The predicted octanol–water partition coefficient (Wildman–Crippen LogP) is 1.22. The first-order valence-electron chi connectivity index (χ1n) is 6.84. The predicted molar refractivity (Wildman–Crippen MR) is 87.0 cm³/mol. The van der Waals surface area contributed by atoms with Crippen LogP contribution < -0.4 is 22.5 Å². The molecule has 2 amide bonds. The smallest absolute Gasteiger partial charge is 0.344 e. The Morgan fingerprint density at radius 3 is 2.32 bits per heavy atom. The molecule has 0 bridgehead atoms. The summed E-state index contributed by atoms with van der Waals surface area (Å²) in [5, 5.41) is 2.81. The molecule has 0 radical (unpaired) electrons. The van der Waals surface area contributed by atoms with E-state index in [-0.39, 0.29) is 12.0 Å². The van der Waals surface area contributed by atoms with Gasteiger partial charge in [0.05, 0.1) is 6.04 Å². The van der Waals surface area contributed by atoms with E-state index in [1.165, 1.54) is 0 Å². The molecule has 1 atom stereocenters. The van der Waals surface area contributed by atoms with E-state index < -0.39 is 6.03 Å². The number of carbonyl (C=O) groups excluding carboxylic acids is 1. The third kappa shape index (κ3) is 3.83. The van der Waals surface area contributed by atoms with Crippen LogP contribution in [-0.2, 0) is 6.54 Å². The molecule has 0 aromatic heterocycles. The molecule has 0 saturated carbocycles. The van der Waals surface area contributed by atoms with Crippen molar-refractivity contribution in [1.29, 1.82) is 0 Å². The number of guanidine groups is 1. The maximum atomic E-state index is 11.9. The lowest BCUT2D eigenvalue weighted by Gasteiger charge is -2.21. The van der Waals surface area contributed by atoms with Crippen molar-refractivity contribution < 1.29 is 4.79 Å². The van der Waals surface area contributed by atoms with E-state index in [0.29, 0.717) is 6.54 Å². The molecule has 0 heterocycles. The van der Waals surface area contributed by atoms with E-state index in [1.54, 1.807) is 0 Å². The molecular formula is C16H19N5O. The second kappa shape index (κ2) is 7.24. The van der Waals surface area contributed by atoms with Crippen molar-refractivity contribution in [2.75, 3.05) is 0 Å². The van der Waals surface area contributed by atoms with Crippen molar-refractivity contribution in [3.8, 4) is 0 Å². The van der Waals surface area contributed by atoms with Crippen molar-refractivity contribution in [2.45, 2.75) is 12.6 Å². The minimum atomic E-state index is -0.597. The van der Waals surface area contributed by atoms with Gasteiger partial charge in [-0.3, -0.25) is 0 Å². The zero-order chi connectivity index (χ0) is 15.9. The lowest BCUT2D eigenvalue weighted by molar-refractivity contribution is 0.247. The van der Waals surface area contributed by atoms with Crippen molar-refractivity contribution in [3.05, 3.63) is 71.3 Å². The second-order valence-electron chi connectivity index (χ2n) is 4.73. The van der Waals surface area contributed by atoms with E-state index >= 15 is 0 Å². The molecule has 114 valence electrons. The molecule has 0 aliphatic carbocycles. The molecule has 7 N–H and O–H groups in total. The highest BCUT2D eigenvalue weighted by molar-refractivity contribution is 5.90. The number of amides is 2. The van der Waals surface area contributed by atoms with E-state index in [0.717, 1.165) is 16.7 Å². The van der Waals surface area contributed by atoms with Gasteiger partial charge in [0.25, 0.3) is 0 Å². The normalized spacial score (nSPS) is 11.5. The summed E-state index contributed by atoms with van der Waals surface area (Å²) in [5.74, 6) is -0.281. The quantitative estimate of drug-likeness (QED) is 0.501. The number of nitrogens with two attached hydrogens (primary N) is 3. The Bertz CT molecular complexity index is 665. The van der Waals surface area contributed by atoms with Crippen LogP contribution in [0, 0.1) is 0 Å². The highest BCUT2D eigenvalue weighted by atomic mass is 16.2. The van der Waals surface area contributed by atoms with Crippen LogP contribution in [0.5, 0.6) is 0 Å².